The summed E-state index contributed by atoms with van der Waals surface area (Å²) in [5.41, 5.74) is 2.28. The lowest BCUT2D eigenvalue weighted by Crippen LogP contribution is -2.29. The van der Waals surface area contributed by atoms with Crippen LogP contribution in [-0.4, -0.2) is 32.5 Å². The Kier molecular flexibility index (Phi) is 5.47. The molecule has 0 saturated heterocycles. The van der Waals surface area contributed by atoms with Gasteiger partial charge in [0.1, 0.15) is 0 Å². The van der Waals surface area contributed by atoms with E-state index in [4.69, 9.17) is 5.11 Å². The number of rotatable bonds is 7. The fourth-order valence-corrected chi connectivity index (χ4v) is 2.55. The first-order valence-electron chi connectivity index (χ1n) is 7.46. The summed E-state index contributed by atoms with van der Waals surface area (Å²) < 4.78 is 1.87. The van der Waals surface area contributed by atoms with Gasteiger partial charge in [0.25, 0.3) is 0 Å². The molecule has 0 aliphatic heterocycles. The predicted molar refractivity (Wildman–Crippen MR) is 83.4 cm³/mol. The van der Waals surface area contributed by atoms with Crippen molar-refractivity contribution in [1.82, 2.24) is 20.1 Å². The number of hydrogen-bond acceptors (Lipinski definition) is 4. The molecule has 5 heteroatoms. The number of nitrogens with zero attached hydrogens (tertiary/aromatic N) is 3. The van der Waals surface area contributed by atoms with Gasteiger partial charge >= 0.3 is 0 Å². The zero-order chi connectivity index (χ0) is 15.2. The van der Waals surface area contributed by atoms with Gasteiger partial charge in [-0.25, -0.2) is 9.67 Å². The Hall–Kier alpha value is -1.72. The Morgan fingerprint density at radius 1 is 1.33 bits per heavy atom. The highest BCUT2D eigenvalue weighted by Crippen LogP contribution is 2.20. The van der Waals surface area contributed by atoms with E-state index in [1.165, 1.54) is 5.56 Å². The molecule has 0 aliphatic carbocycles. The zero-order valence-corrected chi connectivity index (χ0v) is 13.0. The molecule has 2 aromatic rings. The number of hydrogen-bond donors (Lipinski definition) is 2. The third-order valence-electron chi connectivity index (χ3n) is 3.71. The fraction of sp³-hybridized carbons (Fsp3) is 0.500. The molecule has 0 aliphatic rings. The lowest BCUT2D eigenvalue weighted by atomic mass is 10.1. The Balaban J connectivity index is 2.09. The molecule has 2 N–H and O–H groups in total. The molecular weight excluding hydrogens is 264 g/mol. The molecular formula is C16H24N4O. The van der Waals surface area contributed by atoms with Crippen molar-refractivity contribution in [1.29, 1.82) is 0 Å². The van der Waals surface area contributed by atoms with Gasteiger partial charge in [-0.2, -0.15) is 5.10 Å². The van der Waals surface area contributed by atoms with Crippen molar-refractivity contribution in [3.8, 4) is 5.82 Å². The van der Waals surface area contributed by atoms with Crippen LogP contribution in [0.3, 0.4) is 0 Å². The summed E-state index contributed by atoms with van der Waals surface area (Å²) in [4.78, 5) is 4.34. The minimum Gasteiger partial charge on any atom is -0.396 e. The van der Waals surface area contributed by atoms with Gasteiger partial charge in [0.15, 0.2) is 5.82 Å². The van der Waals surface area contributed by atoms with Crippen LogP contribution in [0.5, 0.6) is 0 Å². The van der Waals surface area contributed by atoms with Gasteiger partial charge < -0.3 is 10.4 Å². The normalized spacial score (nSPS) is 14.1. The van der Waals surface area contributed by atoms with Gasteiger partial charge in [0.2, 0.25) is 0 Å². The summed E-state index contributed by atoms with van der Waals surface area (Å²) in [6.07, 6.45) is 5.47. The van der Waals surface area contributed by atoms with E-state index in [1.54, 1.807) is 6.20 Å². The second kappa shape index (κ2) is 7.33. The Bertz CT molecular complexity index is 553. The number of aliphatic hydroxyl groups is 1. The molecule has 0 bridgehead atoms. The highest BCUT2D eigenvalue weighted by atomic mass is 16.2. The largest absolute Gasteiger partial charge is 0.396 e. The summed E-state index contributed by atoms with van der Waals surface area (Å²) in [7, 11) is 0. The predicted octanol–water partition coefficient (Wildman–Crippen LogP) is 2.39. The molecule has 0 radical (unpaired) electrons. The summed E-state index contributed by atoms with van der Waals surface area (Å²) in [5.74, 6) is 0.835. The van der Waals surface area contributed by atoms with E-state index in [0.717, 1.165) is 24.4 Å². The summed E-state index contributed by atoms with van der Waals surface area (Å²) in [5, 5.41) is 16.9. The van der Waals surface area contributed by atoms with Gasteiger partial charge in [-0.1, -0.05) is 6.07 Å². The van der Waals surface area contributed by atoms with Gasteiger partial charge in [-0.3, -0.25) is 0 Å². The van der Waals surface area contributed by atoms with Crippen LogP contribution < -0.4 is 5.32 Å². The molecule has 2 rings (SSSR count). The molecule has 2 aromatic heterocycles. The zero-order valence-electron chi connectivity index (χ0n) is 13.0. The highest BCUT2D eigenvalue weighted by Gasteiger charge is 2.16. The summed E-state index contributed by atoms with van der Waals surface area (Å²) in [6.45, 7) is 6.59. The van der Waals surface area contributed by atoms with Crippen molar-refractivity contribution in [2.24, 2.45) is 0 Å². The second-order valence-corrected chi connectivity index (χ2v) is 5.44. The van der Waals surface area contributed by atoms with Crippen molar-refractivity contribution in [3.05, 3.63) is 41.9 Å². The molecule has 2 heterocycles. The van der Waals surface area contributed by atoms with E-state index in [1.807, 2.05) is 29.1 Å². The first kappa shape index (κ1) is 15.7. The van der Waals surface area contributed by atoms with Crippen LogP contribution in [0.15, 0.2) is 30.6 Å². The van der Waals surface area contributed by atoms with Crippen LogP contribution in [-0.2, 0) is 0 Å². The standard InChI is InChI=1S/C16H24N4O/c1-12(7-6-10-21)19-13(2)15-11-18-20(14(15)3)16-8-4-5-9-17-16/h4-5,8-9,11-13,19,21H,6-7,10H2,1-3H3. The molecule has 0 spiro atoms. The number of aliphatic hydroxyl groups excluding tert-OH is 1. The molecule has 0 saturated carbocycles. The summed E-state index contributed by atoms with van der Waals surface area (Å²) >= 11 is 0. The fourth-order valence-electron chi connectivity index (χ4n) is 2.55. The molecule has 2 atom stereocenters. The Labute approximate surface area is 126 Å². The molecule has 0 amide bonds. The van der Waals surface area contributed by atoms with Crippen molar-refractivity contribution in [2.45, 2.75) is 45.7 Å². The van der Waals surface area contributed by atoms with E-state index in [-0.39, 0.29) is 12.6 Å². The van der Waals surface area contributed by atoms with E-state index < -0.39 is 0 Å². The number of pyridine rings is 1. The number of aromatic nitrogens is 3. The molecule has 5 nitrogen and oxygen atoms in total. The van der Waals surface area contributed by atoms with Gasteiger partial charge in [-0.15, -0.1) is 0 Å². The first-order valence-corrected chi connectivity index (χ1v) is 7.46. The smallest absolute Gasteiger partial charge is 0.153 e. The van der Waals surface area contributed by atoms with Crippen molar-refractivity contribution in [2.75, 3.05) is 6.61 Å². The minimum atomic E-state index is 0.219. The Morgan fingerprint density at radius 2 is 2.14 bits per heavy atom. The average Bonchev–Trinajstić information content (AvgIpc) is 2.87. The van der Waals surface area contributed by atoms with Gasteiger partial charge in [0, 0.05) is 36.1 Å². The van der Waals surface area contributed by atoms with Crippen LogP contribution in [0.25, 0.3) is 5.82 Å². The first-order chi connectivity index (χ1) is 10.1. The third-order valence-corrected chi connectivity index (χ3v) is 3.71. The van der Waals surface area contributed by atoms with Crippen LogP contribution in [0, 0.1) is 6.92 Å². The third kappa shape index (κ3) is 3.89. The maximum Gasteiger partial charge on any atom is 0.153 e. The number of nitrogens with one attached hydrogen (secondary N) is 1. The quantitative estimate of drug-likeness (QED) is 0.821. The van der Waals surface area contributed by atoms with Crippen LogP contribution in [0.1, 0.15) is 44.0 Å². The maximum absolute atomic E-state index is 8.89. The average molecular weight is 288 g/mol. The van der Waals surface area contributed by atoms with Crippen molar-refractivity contribution in [3.63, 3.8) is 0 Å². The lowest BCUT2D eigenvalue weighted by molar-refractivity contribution is 0.274. The maximum atomic E-state index is 8.89. The molecule has 0 aromatic carbocycles. The second-order valence-electron chi connectivity index (χ2n) is 5.44. The molecule has 2 unspecified atom stereocenters. The topological polar surface area (TPSA) is 63.0 Å². The highest BCUT2D eigenvalue weighted by molar-refractivity contribution is 5.29. The van der Waals surface area contributed by atoms with Crippen LogP contribution >= 0.6 is 0 Å². The van der Waals surface area contributed by atoms with Gasteiger partial charge in [-0.05, 0) is 45.7 Å². The van der Waals surface area contributed by atoms with E-state index in [2.05, 4.69) is 36.2 Å². The monoisotopic (exact) mass is 288 g/mol. The van der Waals surface area contributed by atoms with E-state index in [9.17, 15) is 0 Å². The molecule has 0 fully saturated rings. The summed E-state index contributed by atoms with van der Waals surface area (Å²) in [6, 6.07) is 6.39. The van der Waals surface area contributed by atoms with Crippen LogP contribution in [0.2, 0.25) is 0 Å². The molecule has 21 heavy (non-hydrogen) atoms. The Morgan fingerprint density at radius 3 is 2.81 bits per heavy atom. The van der Waals surface area contributed by atoms with Gasteiger partial charge in [0.05, 0.1) is 6.20 Å². The minimum absolute atomic E-state index is 0.219. The lowest BCUT2D eigenvalue weighted by Gasteiger charge is -2.19. The SMILES string of the molecule is Cc1c(C(C)NC(C)CCCO)cnn1-c1ccccn1. The molecule has 114 valence electrons. The van der Waals surface area contributed by atoms with E-state index >= 15 is 0 Å². The van der Waals surface area contributed by atoms with Crippen LogP contribution in [0.4, 0.5) is 0 Å². The van der Waals surface area contributed by atoms with Crippen molar-refractivity contribution >= 4 is 0 Å². The van der Waals surface area contributed by atoms with E-state index in [0.29, 0.717) is 6.04 Å². The van der Waals surface area contributed by atoms with Crippen molar-refractivity contribution < 1.29 is 5.11 Å².